The first-order chi connectivity index (χ1) is 9.69. The maximum absolute atomic E-state index is 10.0. The van der Waals surface area contributed by atoms with E-state index in [1.165, 1.54) is 24.9 Å². The van der Waals surface area contributed by atoms with Gasteiger partial charge in [0, 0.05) is 18.7 Å². The van der Waals surface area contributed by atoms with Gasteiger partial charge in [-0.25, -0.2) is 0 Å². The Bertz CT molecular complexity index is 413. The summed E-state index contributed by atoms with van der Waals surface area (Å²) in [5.41, 5.74) is 2.27. The number of phenolic OH excluding ortho intramolecular Hbond substituents is 1. The Balaban J connectivity index is 1.98. The smallest absolute Gasteiger partial charge is 0.120 e. The van der Waals surface area contributed by atoms with Gasteiger partial charge in [-0.3, -0.25) is 4.90 Å². The average Bonchev–Trinajstić information content (AvgIpc) is 2.44. The van der Waals surface area contributed by atoms with Crippen molar-refractivity contribution >= 4 is 0 Å². The second kappa shape index (κ2) is 7.65. The maximum atomic E-state index is 10.0. The van der Waals surface area contributed by atoms with Gasteiger partial charge in [-0.05, 0) is 57.8 Å². The molecule has 3 nitrogen and oxygen atoms in total. The zero-order valence-corrected chi connectivity index (χ0v) is 12.9. The Hall–Kier alpha value is -1.06. The first-order valence-corrected chi connectivity index (χ1v) is 7.90. The fraction of sp³-hybridized carbons (Fsp3) is 0.647. The fourth-order valence-corrected chi connectivity index (χ4v) is 3.08. The monoisotopic (exact) mass is 276 g/mol. The van der Waals surface area contributed by atoms with E-state index in [1.54, 1.807) is 0 Å². The minimum absolute atomic E-state index is 0.429. The van der Waals surface area contributed by atoms with Crippen molar-refractivity contribution in [2.24, 2.45) is 5.92 Å². The Morgan fingerprint density at radius 1 is 1.40 bits per heavy atom. The molecule has 1 heterocycles. The van der Waals surface area contributed by atoms with Crippen LogP contribution in [0.15, 0.2) is 18.2 Å². The molecule has 2 N–H and O–H groups in total. The molecule has 0 bridgehead atoms. The van der Waals surface area contributed by atoms with Crippen molar-refractivity contribution in [1.29, 1.82) is 0 Å². The van der Waals surface area contributed by atoms with Gasteiger partial charge in [0.1, 0.15) is 5.75 Å². The molecule has 1 aliphatic rings. The summed E-state index contributed by atoms with van der Waals surface area (Å²) in [5, 5.41) is 13.5. The topological polar surface area (TPSA) is 35.5 Å². The molecule has 0 amide bonds. The summed E-state index contributed by atoms with van der Waals surface area (Å²) in [6, 6.07) is 5.89. The summed E-state index contributed by atoms with van der Waals surface area (Å²) in [6.45, 7) is 9.71. The molecule has 1 unspecified atom stereocenters. The number of hydrogen-bond acceptors (Lipinski definition) is 3. The third-order valence-corrected chi connectivity index (χ3v) is 4.08. The van der Waals surface area contributed by atoms with E-state index in [0.29, 0.717) is 5.75 Å². The molecular weight excluding hydrogens is 248 g/mol. The lowest BCUT2D eigenvalue weighted by Gasteiger charge is -2.30. The van der Waals surface area contributed by atoms with Crippen molar-refractivity contribution in [3.05, 3.63) is 29.3 Å². The van der Waals surface area contributed by atoms with Crippen LogP contribution in [-0.2, 0) is 6.54 Å². The van der Waals surface area contributed by atoms with Crippen LogP contribution in [0.2, 0.25) is 0 Å². The first-order valence-electron chi connectivity index (χ1n) is 7.90. The Morgan fingerprint density at radius 3 is 2.95 bits per heavy atom. The number of piperidine rings is 1. The van der Waals surface area contributed by atoms with Crippen LogP contribution in [0.5, 0.6) is 5.75 Å². The molecular formula is C17H28N2O. The van der Waals surface area contributed by atoms with Crippen molar-refractivity contribution < 1.29 is 5.11 Å². The number of rotatable bonds is 6. The first kappa shape index (κ1) is 15.3. The highest BCUT2D eigenvalue weighted by Crippen LogP contribution is 2.21. The fourth-order valence-electron chi connectivity index (χ4n) is 3.08. The molecule has 112 valence electrons. The molecule has 1 fully saturated rings. The molecule has 0 aromatic heterocycles. The normalized spacial score (nSPS) is 19.4. The molecule has 0 radical (unpaired) electrons. The van der Waals surface area contributed by atoms with Crippen molar-refractivity contribution in [3.63, 3.8) is 0 Å². The van der Waals surface area contributed by atoms with Crippen LogP contribution in [-0.4, -0.2) is 36.2 Å². The van der Waals surface area contributed by atoms with Crippen molar-refractivity contribution in [3.8, 4) is 5.75 Å². The van der Waals surface area contributed by atoms with Crippen LogP contribution >= 0.6 is 0 Å². The maximum Gasteiger partial charge on any atom is 0.120 e. The highest BCUT2D eigenvalue weighted by molar-refractivity contribution is 5.35. The van der Waals surface area contributed by atoms with Crippen LogP contribution in [0.25, 0.3) is 0 Å². The van der Waals surface area contributed by atoms with E-state index in [1.807, 2.05) is 12.1 Å². The molecule has 20 heavy (non-hydrogen) atoms. The summed E-state index contributed by atoms with van der Waals surface area (Å²) in [6.07, 6.45) is 3.78. The molecule has 0 aliphatic carbocycles. The van der Waals surface area contributed by atoms with Gasteiger partial charge in [0.25, 0.3) is 0 Å². The summed E-state index contributed by atoms with van der Waals surface area (Å²) in [4.78, 5) is 2.49. The minimum atomic E-state index is 0.429. The van der Waals surface area contributed by atoms with Crippen LogP contribution in [0.1, 0.15) is 37.3 Å². The summed E-state index contributed by atoms with van der Waals surface area (Å²) >= 11 is 0. The molecule has 3 heteroatoms. The second-order valence-electron chi connectivity index (χ2n) is 6.08. The highest BCUT2D eigenvalue weighted by Gasteiger charge is 2.17. The Labute approximate surface area is 123 Å². The average molecular weight is 276 g/mol. The van der Waals surface area contributed by atoms with Gasteiger partial charge in [-0.15, -0.1) is 0 Å². The number of aryl methyl sites for hydroxylation is 1. The standard InChI is InChI=1S/C17H28N2O/c1-3-9-19(12-15-5-4-8-18-11-15)13-16-10-14(2)6-7-17(16)20/h6-7,10,15,18,20H,3-5,8-9,11-13H2,1-2H3. The van der Waals surface area contributed by atoms with E-state index in [9.17, 15) is 5.11 Å². The van der Waals surface area contributed by atoms with Gasteiger partial charge < -0.3 is 10.4 Å². The Kier molecular flexibility index (Phi) is 5.86. The number of benzene rings is 1. The van der Waals surface area contributed by atoms with Crippen LogP contribution in [0.4, 0.5) is 0 Å². The van der Waals surface area contributed by atoms with Crippen LogP contribution < -0.4 is 5.32 Å². The van der Waals surface area contributed by atoms with E-state index in [0.717, 1.165) is 44.1 Å². The quantitative estimate of drug-likeness (QED) is 0.838. The van der Waals surface area contributed by atoms with Crippen molar-refractivity contribution in [2.75, 3.05) is 26.2 Å². The van der Waals surface area contributed by atoms with Gasteiger partial charge >= 0.3 is 0 Å². The number of nitrogens with one attached hydrogen (secondary N) is 1. The van der Waals surface area contributed by atoms with Gasteiger partial charge in [-0.1, -0.05) is 24.6 Å². The molecule has 1 saturated heterocycles. The molecule has 1 aromatic carbocycles. The van der Waals surface area contributed by atoms with E-state index >= 15 is 0 Å². The zero-order valence-electron chi connectivity index (χ0n) is 12.9. The van der Waals surface area contributed by atoms with Gasteiger partial charge in [-0.2, -0.15) is 0 Å². The summed E-state index contributed by atoms with van der Waals surface area (Å²) < 4.78 is 0. The zero-order chi connectivity index (χ0) is 14.4. The predicted octanol–water partition coefficient (Wildman–Crippen LogP) is 2.91. The molecule has 2 rings (SSSR count). The molecule has 1 aromatic rings. The lowest BCUT2D eigenvalue weighted by atomic mass is 9.98. The lowest BCUT2D eigenvalue weighted by Crippen LogP contribution is -2.38. The molecule has 0 saturated carbocycles. The third-order valence-electron chi connectivity index (χ3n) is 4.08. The molecule has 1 aliphatic heterocycles. The molecule has 1 atom stereocenters. The second-order valence-corrected chi connectivity index (χ2v) is 6.08. The third kappa shape index (κ3) is 4.50. The molecule has 0 spiro atoms. The van der Waals surface area contributed by atoms with Crippen molar-refractivity contribution in [2.45, 2.75) is 39.7 Å². The van der Waals surface area contributed by atoms with Gasteiger partial charge in [0.05, 0.1) is 0 Å². The lowest BCUT2D eigenvalue weighted by molar-refractivity contribution is 0.199. The number of nitrogens with zero attached hydrogens (tertiary/aromatic N) is 1. The van der Waals surface area contributed by atoms with E-state index in [2.05, 4.69) is 30.1 Å². The van der Waals surface area contributed by atoms with Crippen LogP contribution in [0, 0.1) is 12.8 Å². The number of aromatic hydroxyl groups is 1. The van der Waals surface area contributed by atoms with Gasteiger partial charge in [0.2, 0.25) is 0 Å². The van der Waals surface area contributed by atoms with Gasteiger partial charge in [0.15, 0.2) is 0 Å². The number of hydrogen-bond donors (Lipinski definition) is 2. The van der Waals surface area contributed by atoms with E-state index in [4.69, 9.17) is 0 Å². The van der Waals surface area contributed by atoms with Crippen LogP contribution in [0.3, 0.4) is 0 Å². The van der Waals surface area contributed by atoms with Crippen molar-refractivity contribution in [1.82, 2.24) is 10.2 Å². The highest BCUT2D eigenvalue weighted by atomic mass is 16.3. The minimum Gasteiger partial charge on any atom is -0.508 e. The Morgan fingerprint density at radius 2 is 2.25 bits per heavy atom. The number of phenols is 1. The summed E-state index contributed by atoms with van der Waals surface area (Å²) in [7, 11) is 0. The SMILES string of the molecule is CCCN(Cc1cc(C)ccc1O)CC1CCCNC1. The predicted molar refractivity (Wildman–Crippen MR) is 84.0 cm³/mol. The largest absolute Gasteiger partial charge is 0.508 e. The summed E-state index contributed by atoms with van der Waals surface area (Å²) in [5.74, 6) is 1.18. The van der Waals surface area contributed by atoms with E-state index in [-0.39, 0.29) is 0 Å². The van der Waals surface area contributed by atoms with E-state index < -0.39 is 0 Å².